The Hall–Kier alpha value is -3.08. The molecule has 0 aliphatic carbocycles. The van der Waals surface area contributed by atoms with Crippen molar-refractivity contribution in [3.8, 4) is 5.75 Å². The summed E-state index contributed by atoms with van der Waals surface area (Å²) in [5.74, 6) is -1.50. The average Bonchev–Trinajstić information content (AvgIpc) is 3.28. The summed E-state index contributed by atoms with van der Waals surface area (Å²) in [7, 11) is 1.26. The number of carbonyl (C=O) groups is 2. The van der Waals surface area contributed by atoms with E-state index >= 15 is 0 Å². The minimum Gasteiger partial charge on any atom is -0.507 e. The molecule has 0 saturated carbocycles. The number of methoxy groups -OCH3 is 1. The first-order chi connectivity index (χ1) is 17.9. The Morgan fingerprint density at radius 3 is 2.55 bits per heavy atom. The van der Waals surface area contributed by atoms with Crippen molar-refractivity contribution in [3.05, 3.63) is 62.0 Å². The van der Waals surface area contributed by atoms with Gasteiger partial charge in [0.05, 0.1) is 7.11 Å². The SMILES string of the molecule is COC(=O)N/C=C/CCC(C)c1cc(O)c(C(=O)[C@@H](C)Cc2ccc(CCCCCC(F)(F)F)s2)c(=O)o1. The largest absolute Gasteiger partial charge is 0.507 e. The fourth-order valence-corrected chi connectivity index (χ4v) is 5.02. The number of alkyl halides is 3. The summed E-state index contributed by atoms with van der Waals surface area (Å²) in [6.45, 7) is 3.48. The number of alkyl carbamates (subject to hydrolysis) is 1. The summed E-state index contributed by atoms with van der Waals surface area (Å²) in [4.78, 5) is 38.5. The van der Waals surface area contributed by atoms with E-state index in [4.69, 9.17) is 4.42 Å². The third kappa shape index (κ3) is 10.4. The van der Waals surface area contributed by atoms with Crippen LogP contribution in [0.25, 0.3) is 0 Å². The Morgan fingerprint density at radius 2 is 1.89 bits per heavy atom. The van der Waals surface area contributed by atoms with E-state index in [0.717, 1.165) is 9.75 Å². The second kappa shape index (κ2) is 14.8. The van der Waals surface area contributed by atoms with Crippen molar-refractivity contribution < 1.29 is 37.0 Å². The fraction of sp³-hybridized carbons (Fsp3) is 0.519. The standard InChI is InChI=1S/C27H34F3NO6S/c1-17(9-6-8-14-31-26(35)36-3)22-16-21(32)23(25(34)37-22)24(33)18(2)15-20-12-11-19(38-20)10-5-4-7-13-27(28,29)30/h8,11-12,14,16-18,32H,4-7,9-10,13,15H2,1-3H3,(H,31,35)/b14-8+/t17?,18-/m0/s1. The highest BCUT2D eigenvalue weighted by Crippen LogP contribution is 2.28. The summed E-state index contributed by atoms with van der Waals surface area (Å²) < 4.78 is 46.5. The first-order valence-electron chi connectivity index (χ1n) is 12.5. The number of Topliss-reactive ketones (excluding diaryl/α,β-unsaturated/α-hetero) is 1. The lowest BCUT2D eigenvalue weighted by Crippen LogP contribution is -2.22. The van der Waals surface area contributed by atoms with Gasteiger partial charge in [0, 0.05) is 40.3 Å². The molecule has 0 spiro atoms. The summed E-state index contributed by atoms with van der Waals surface area (Å²) in [6.07, 6.45) is 1.12. The molecule has 38 heavy (non-hydrogen) atoms. The van der Waals surface area contributed by atoms with Crippen LogP contribution in [-0.4, -0.2) is 30.3 Å². The number of rotatable bonds is 14. The number of nitrogens with one attached hydrogen (secondary N) is 1. The maximum Gasteiger partial charge on any atom is 0.410 e. The van der Waals surface area contributed by atoms with Gasteiger partial charge in [0.25, 0.3) is 0 Å². The Kier molecular flexibility index (Phi) is 12.1. The van der Waals surface area contributed by atoms with Gasteiger partial charge in [0.15, 0.2) is 5.78 Å². The quantitative estimate of drug-likeness (QED) is 0.194. The van der Waals surface area contributed by atoms with Crippen LogP contribution in [0.2, 0.25) is 0 Å². The third-order valence-corrected chi connectivity index (χ3v) is 7.18. The highest BCUT2D eigenvalue weighted by molar-refractivity contribution is 7.12. The van der Waals surface area contributed by atoms with Crippen molar-refractivity contribution in [2.75, 3.05) is 7.11 Å². The number of thiophene rings is 1. The Bertz CT molecular complexity index is 1150. The van der Waals surface area contributed by atoms with Crippen LogP contribution in [0.1, 0.15) is 84.2 Å². The van der Waals surface area contributed by atoms with Crippen molar-refractivity contribution in [3.63, 3.8) is 0 Å². The number of hydrogen-bond donors (Lipinski definition) is 2. The molecular weight excluding hydrogens is 523 g/mol. The highest BCUT2D eigenvalue weighted by Gasteiger charge is 2.26. The number of allylic oxidation sites excluding steroid dienone is 1. The van der Waals surface area contributed by atoms with E-state index in [0.29, 0.717) is 38.5 Å². The smallest absolute Gasteiger partial charge is 0.410 e. The molecule has 0 bridgehead atoms. The molecule has 2 aromatic heterocycles. The number of amides is 1. The highest BCUT2D eigenvalue weighted by atomic mass is 32.1. The number of carbonyl (C=O) groups excluding carboxylic acids is 2. The molecule has 1 amide bonds. The lowest BCUT2D eigenvalue weighted by atomic mass is 9.95. The maximum absolute atomic E-state index is 13.0. The van der Waals surface area contributed by atoms with Crippen molar-refractivity contribution in [1.29, 1.82) is 0 Å². The second-order valence-electron chi connectivity index (χ2n) is 9.23. The van der Waals surface area contributed by atoms with Crippen molar-refractivity contribution in [2.45, 2.75) is 77.3 Å². The molecular formula is C27H34F3NO6S. The average molecular weight is 558 g/mol. The molecule has 0 saturated heterocycles. The minimum absolute atomic E-state index is 0.114. The van der Waals surface area contributed by atoms with E-state index in [1.165, 1.54) is 30.7 Å². The molecule has 0 aliphatic heterocycles. The van der Waals surface area contributed by atoms with E-state index in [1.54, 1.807) is 13.0 Å². The predicted octanol–water partition coefficient (Wildman–Crippen LogP) is 6.89. The zero-order valence-corrected chi connectivity index (χ0v) is 22.5. The van der Waals surface area contributed by atoms with E-state index < -0.39 is 41.8 Å². The Balaban J connectivity index is 1.91. The van der Waals surface area contributed by atoms with E-state index in [9.17, 15) is 32.7 Å². The number of aromatic hydroxyl groups is 1. The van der Waals surface area contributed by atoms with E-state index in [1.807, 2.05) is 19.1 Å². The van der Waals surface area contributed by atoms with Gasteiger partial charge in [-0.3, -0.25) is 10.1 Å². The molecule has 210 valence electrons. The van der Waals surface area contributed by atoms with Crippen molar-refractivity contribution in [2.24, 2.45) is 5.92 Å². The van der Waals surface area contributed by atoms with Gasteiger partial charge in [-0.1, -0.05) is 26.3 Å². The lowest BCUT2D eigenvalue weighted by molar-refractivity contribution is -0.135. The van der Waals surface area contributed by atoms with Crippen LogP contribution in [0.4, 0.5) is 18.0 Å². The summed E-state index contributed by atoms with van der Waals surface area (Å²) >= 11 is 1.49. The molecule has 2 heterocycles. The van der Waals surface area contributed by atoms with Gasteiger partial charge in [0.2, 0.25) is 0 Å². The van der Waals surface area contributed by atoms with Crippen LogP contribution < -0.4 is 10.9 Å². The van der Waals surface area contributed by atoms with Crippen LogP contribution in [0.3, 0.4) is 0 Å². The molecule has 0 radical (unpaired) electrons. The van der Waals surface area contributed by atoms with Crippen LogP contribution in [0.15, 0.2) is 39.7 Å². The molecule has 11 heteroatoms. The van der Waals surface area contributed by atoms with Gasteiger partial charge >= 0.3 is 17.9 Å². The van der Waals surface area contributed by atoms with E-state index in [2.05, 4.69) is 10.1 Å². The van der Waals surface area contributed by atoms with Crippen molar-refractivity contribution in [1.82, 2.24) is 5.32 Å². The van der Waals surface area contributed by atoms with Crippen LogP contribution in [0, 0.1) is 5.92 Å². The van der Waals surface area contributed by atoms with Gasteiger partial charge in [-0.15, -0.1) is 11.3 Å². The van der Waals surface area contributed by atoms with Gasteiger partial charge in [-0.25, -0.2) is 9.59 Å². The number of ether oxygens (including phenoxy) is 1. The zero-order valence-electron chi connectivity index (χ0n) is 21.7. The molecule has 2 aromatic rings. The minimum atomic E-state index is -4.12. The summed E-state index contributed by atoms with van der Waals surface area (Å²) in [5, 5.41) is 12.9. The molecule has 0 fully saturated rings. The second-order valence-corrected chi connectivity index (χ2v) is 10.5. The summed E-state index contributed by atoms with van der Waals surface area (Å²) in [6, 6.07) is 5.08. The van der Waals surface area contributed by atoms with Gasteiger partial charge in [-0.2, -0.15) is 13.2 Å². The van der Waals surface area contributed by atoms with E-state index in [-0.39, 0.29) is 23.7 Å². The predicted molar refractivity (Wildman–Crippen MR) is 139 cm³/mol. The zero-order chi connectivity index (χ0) is 28.3. The Morgan fingerprint density at radius 1 is 1.18 bits per heavy atom. The van der Waals surface area contributed by atoms with Gasteiger partial charge in [0.1, 0.15) is 17.1 Å². The van der Waals surface area contributed by atoms with Crippen molar-refractivity contribution >= 4 is 23.2 Å². The number of unbranched alkanes of at least 4 members (excludes halogenated alkanes) is 2. The third-order valence-electron chi connectivity index (χ3n) is 6.01. The molecule has 2 N–H and O–H groups in total. The summed E-state index contributed by atoms with van der Waals surface area (Å²) in [5.41, 5.74) is -1.27. The molecule has 7 nitrogen and oxygen atoms in total. The molecule has 1 unspecified atom stereocenters. The number of aryl methyl sites for hydroxylation is 1. The number of ketones is 1. The number of halogens is 3. The molecule has 2 atom stereocenters. The lowest BCUT2D eigenvalue weighted by Gasteiger charge is -2.13. The number of hydrogen-bond acceptors (Lipinski definition) is 7. The first kappa shape index (κ1) is 31.1. The molecule has 0 aromatic carbocycles. The van der Waals surface area contributed by atoms with Crippen LogP contribution >= 0.6 is 11.3 Å². The Labute approximate surface area is 223 Å². The van der Waals surface area contributed by atoms with Crippen LogP contribution in [0.5, 0.6) is 5.75 Å². The van der Waals surface area contributed by atoms with Gasteiger partial charge < -0.3 is 14.3 Å². The monoisotopic (exact) mass is 557 g/mol. The molecule has 0 aliphatic rings. The first-order valence-corrected chi connectivity index (χ1v) is 13.3. The maximum atomic E-state index is 13.0. The van der Waals surface area contributed by atoms with Gasteiger partial charge in [-0.05, 0) is 50.7 Å². The fourth-order valence-electron chi connectivity index (χ4n) is 3.84. The normalized spacial score (nSPS) is 13.4. The van der Waals surface area contributed by atoms with Crippen LogP contribution in [-0.2, 0) is 17.6 Å². The topological polar surface area (TPSA) is 106 Å². The molecule has 2 rings (SSSR count).